The molecule has 0 amide bonds. The minimum Gasteiger partial charge on any atom is -1.00 e. The van der Waals surface area contributed by atoms with Crippen molar-refractivity contribution in [3.05, 3.63) is 0 Å². The van der Waals surface area contributed by atoms with E-state index in [0.29, 0.717) is 0 Å². The van der Waals surface area contributed by atoms with Gasteiger partial charge in [-0.05, 0) is 0 Å². The molecule has 0 spiro atoms. The first-order valence-corrected chi connectivity index (χ1v) is 4.43. The molecule has 0 saturated carbocycles. The normalized spacial score (nSPS) is 10.8. The maximum Gasteiger partial charge on any atom is 1.00 e. The summed E-state index contributed by atoms with van der Waals surface area (Å²) in [5.74, 6) is 0. The minimum atomic E-state index is -5.17. The first-order valence-electron chi connectivity index (χ1n) is 1.73. The van der Waals surface area contributed by atoms with Gasteiger partial charge >= 0.3 is 50.4 Å². The molecule has 13 heteroatoms. The molecular weight excluding hydrogens is 247 g/mol. The molecule has 0 aromatic heterocycles. The van der Waals surface area contributed by atoms with Gasteiger partial charge < -0.3 is 1.43 Å². The van der Waals surface area contributed by atoms with E-state index in [1.807, 2.05) is 0 Å². The molecule has 13 heavy (non-hydrogen) atoms. The van der Waals surface area contributed by atoms with Crippen molar-refractivity contribution in [2.75, 3.05) is 0 Å². The molecule has 0 aliphatic rings. The van der Waals surface area contributed by atoms with Crippen LogP contribution < -0.4 is 29.6 Å². The predicted octanol–water partition coefficient (Wildman–Crippen LogP) is -4.33. The van der Waals surface area contributed by atoms with Gasteiger partial charge in [0.05, 0.1) is 0 Å². The summed E-state index contributed by atoms with van der Waals surface area (Å²) < 4.78 is 51.7. The summed E-state index contributed by atoms with van der Waals surface area (Å²) in [4.78, 5) is 0. The molecule has 0 bridgehead atoms. The molecule has 0 fully saturated rings. The number of hydrogen-bond donors (Lipinski definition) is 4. The Kier molecular flexibility index (Phi) is 11.9. The van der Waals surface area contributed by atoms with Crippen LogP contribution in [-0.4, -0.2) is 37.2 Å². The van der Waals surface area contributed by atoms with Gasteiger partial charge in [-0.15, -0.1) is 0 Å². The largest absolute Gasteiger partial charge is 1.00 e. The van der Waals surface area contributed by atoms with Crippen LogP contribution in [0.2, 0.25) is 0 Å². The summed E-state index contributed by atoms with van der Waals surface area (Å²) in [5.41, 5.74) is 0. The van der Waals surface area contributed by atoms with E-state index in [9.17, 15) is 16.8 Å². The fourth-order valence-corrected chi connectivity index (χ4v) is 1.06. The van der Waals surface area contributed by atoms with Crippen LogP contribution in [-0.2, 0) is 28.8 Å². The molecule has 0 aromatic rings. The Bertz CT molecular complexity index is 286. The van der Waals surface area contributed by atoms with Gasteiger partial charge in [0.1, 0.15) is 0 Å². The molecule has 0 rings (SSSR count). The van der Waals surface area contributed by atoms with Crippen molar-refractivity contribution >= 4 is 20.8 Å². The maximum atomic E-state index is 9.78. The molecule has 0 atom stereocenters. The first kappa shape index (κ1) is 19.3. The van der Waals surface area contributed by atoms with Gasteiger partial charge in [0, 0.05) is 0 Å². The van der Waals surface area contributed by atoms with E-state index >= 15 is 0 Å². The van der Waals surface area contributed by atoms with E-state index < -0.39 is 20.8 Å². The van der Waals surface area contributed by atoms with Crippen molar-refractivity contribution in [1.82, 2.24) is 0 Å². The molecule has 0 aromatic carbocycles. The van der Waals surface area contributed by atoms with Crippen LogP contribution >= 0.6 is 0 Å². The van der Waals surface area contributed by atoms with E-state index in [1.165, 1.54) is 0 Å². The molecule has 0 aliphatic heterocycles. The molecule has 0 heterocycles. The van der Waals surface area contributed by atoms with Gasteiger partial charge in [0.2, 0.25) is 0 Å². The second-order valence-electron chi connectivity index (χ2n) is 0.979. The fraction of sp³-hybridized carbons (Fsp3) is 0. The third kappa shape index (κ3) is 15.4. The Morgan fingerprint density at radius 1 is 1.08 bits per heavy atom. The van der Waals surface area contributed by atoms with Gasteiger partial charge in [-0.2, -0.15) is 16.8 Å². The molecule has 0 saturated heterocycles. The van der Waals surface area contributed by atoms with E-state index in [1.54, 1.807) is 0 Å². The second-order valence-corrected chi connectivity index (χ2v) is 3.34. The Morgan fingerprint density at radius 2 is 1.38 bits per heavy atom. The Hall–Kier alpha value is 0.660. The van der Waals surface area contributed by atoms with Crippen LogP contribution in [0.25, 0.3) is 0 Å². The van der Waals surface area contributed by atoms with Gasteiger partial charge in [0.25, 0.3) is 0 Å². The Labute approximate surface area is 96.6 Å². The zero-order chi connectivity index (χ0) is 10.4. The van der Waals surface area contributed by atoms with Crippen molar-refractivity contribution in [3.63, 3.8) is 0 Å². The smallest absolute Gasteiger partial charge is 1.00 e. The quantitative estimate of drug-likeness (QED) is 0.167. The summed E-state index contributed by atoms with van der Waals surface area (Å²) in [7, 11) is -10.2. The summed E-state index contributed by atoms with van der Waals surface area (Å²) in [6.45, 7) is 0. The van der Waals surface area contributed by atoms with Crippen LogP contribution in [0.5, 0.6) is 0 Å². The fourth-order valence-electron chi connectivity index (χ4n) is 0.118. The predicted molar refractivity (Wildman–Crippen MR) is 31.6 cm³/mol. The summed E-state index contributed by atoms with van der Waals surface area (Å²) in [6, 6.07) is 0. The molecular formula is H5NaO10S2. The van der Waals surface area contributed by atoms with Crippen LogP contribution in [0.3, 0.4) is 0 Å². The van der Waals surface area contributed by atoms with E-state index in [2.05, 4.69) is 7.96 Å². The van der Waals surface area contributed by atoms with Crippen molar-refractivity contribution in [2.24, 2.45) is 0 Å². The molecule has 4 N–H and O–H groups in total. The molecule has 10 nitrogen and oxygen atoms in total. The van der Waals surface area contributed by atoms with Crippen molar-refractivity contribution < 1.29 is 76.1 Å². The van der Waals surface area contributed by atoms with Crippen LogP contribution in [0.4, 0.5) is 0 Å². The molecule has 0 radical (unpaired) electrons. The third-order valence-electron chi connectivity index (χ3n) is 0.261. The van der Waals surface area contributed by atoms with E-state index in [0.717, 1.165) is 0 Å². The van der Waals surface area contributed by atoms with Crippen molar-refractivity contribution in [3.8, 4) is 0 Å². The van der Waals surface area contributed by atoms with Crippen molar-refractivity contribution in [1.29, 1.82) is 0 Å². The van der Waals surface area contributed by atoms with Crippen molar-refractivity contribution in [2.45, 2.75) is 0 Å². The topological polar surface area (TPSA) is 168 Å². The minimum absolute atomic E-state index is 0. The molecule has 78 valence electrons. The van der Waals surface area contributed by atoms with Crippen LogP contribution in [0.15, 0.2) is 0 Å². The Balaban J connectivity index is -0.000000117. The zero-order valence-corrected chi connectivity index (χ0v) is 9.69. The number of rotatable bonds is 3. The average molecular weight is 252 g/mol. The first-order chi connectivity index (χ1) is 5.27. The summed E-state index contributed by atoms with van der Waals surface area (Å²) >= 11 is 0. The van der Waals surface area contributed by atoms with Crippen LogP contribution in [0.1, 0.15) is 1.43 Å². The Morgan fingerprint density at radius 3 is 1.46 bits per heavy atom. The zero-order valence-electron chi connectivity index (χ0n) is 7.05. The van der Waals surface area contributed by atoms with Gasteiger partial charge in [0.15, 0.2) is 0 Å². The second kappa shape index (κ2) is 8.01. The summed E-state index contributed by atoms with van der Waals surface area (Å²) in [5, 5.41) is 19.4. The SMILES string of the molecule is O=S(=O)(O)OS(=O)(=O)OO.OO.[H-].[Na+]. The van der Waals surface area contributed by atoms with Gasteiger partial charge in [-0.1, -0.05) is 7.96 Å². The standard InChI is InChI=1S/Na.H2O8S2.H2O2.H/c;1-7-10(5,6)8-9(2,3)4;1-2;/h;1H,(H,2,3,4);1-2H;/q+1;;;-1. The number of hydrogen-bond acceptors (Lipinski definition) is 9. The van der Waals surface area contributed by atoms with Gasteiger partial charge in [-0.25, -0.2) is 5.26 Å². The molecule has 0 aliphatic carbocycles. The monoisotopic (exact) mass is 252 g/mol. The third-order valence-corrected chi connectivity index (χ3v) is 1.80. The molecule has 0 unspecified atom stereocenters. The maximum absolute atomic E-state index is 9.78. The van der Waals surface area contributed by atoms with Crippen LogP contribution in [0, 0.1) is 0 Å². The van der Waals surface area contributed by atoms with E-state index in [4.69, 9.17) is 20.3 Å². The van der Waals surface area contributed by atoms with E-state index in [-0.39, 0.29) is 31.0 Å². The average Bonchev–Trinajstić information content (AvgIpc) is 1.88. The van der Waals surface area contributed by atoms with Gasteiger partial charge in [-0.3, -0.25) is 15.1 Å². The summed E-state index contributed by atoms with van der Waals surface area (Å²) in [6.07, 6.45) is 0.